The highest BCUT2D eigenvalue weighted by molar-refractivity contribution is 6.32. The molecule has 8 heteroatoms. The largest absolute Gasteiger partial charge is 0.389 e. The lowest BCUT2D eigenvalue weighted by atomic mass is 9.98. The van der Waals surface area contributed by atoms with E-state index in [4.69, 9.17) is 16.9 Å². The third kappa shape index (κ3) is 2.73. The summed E-state index contributed by atoms with van der Waals surface area (Å²) in [6, 6.07) is 7.52. The number of benzene rings is 1. The lowest BCUT2D eigenvalue weighted by molar-refractivity contribution is -0.141. The number of fused-ring (bicyclic) bond motifs is 1. The summed E-state index contributed by atoms with van der Waals surface area (Å²) in [5, 5.41) is 18.7. The first kappa shape index (κ1) is 17.3. The molecule has 0 aliphatic carbocycles. The van der Waals surface area contributed by atoms with Gasteiger partial charge in [-0.2, -0.15) is 14.0 Å². The van der Waals surface area contributed by atoms with Gasteiger partial charge in [0.25, 0.3) is 0 Å². The molecule has 3 rings (SSSR count). The van der Waals surface area contributed by atoms with E-state index in [1.54, 1.807) is 0 Å². The normalized spacial score (nSPS) is 16.5. The van der Waals surface area contributed by atoms with Crippen LogP contribution < -0.4 is 4.90 Å². The van der Waals surface area contributed by atoms with Crippen LogP contribution in [0.15, 0.2) is 30.5 Å². The van der Waals surface area contributed by atoms with E-state index < -0.39 is 23.5 Å². The molecule has 1 aliphatic heterocycles. The minimum absolute atomic E-state index is 0.00869. The maximum Gasteiger partial charge on any atom is 0.352 e. The molecule has 5 nitrogen and oxygen atoms in total. The van der Waals surface area contributed by atoms with E-state index >= 15 is 0 Å². The van der Waals surface area contributed by atoms with E-state index in [1.807, 2.05) is 6.07 Å². The van der Waals surface area contributed by atoms with E-state index in [-0.39, 0.29) is 28.5 Å². The summed E-state index contributed by atoms with van der Waals surface area (Å²) in [7, 11) is 0. The Morgan fingerprint density at radius 1 is 1.44 bits per heavy atom. The molecule has 1 aliphatic rings. The molecule has 2 aromatic rings. The number of amides is 1. The molecular formula is C17H12ClF2N3O2. The molecule has 0 unspecified atom stereocenters. The summed E-state index contributed by atoms with van der Waals surface area (Å²) < 4.78 is 29.2. The Hall–Kier alpha value is -2.56. The summed E-state index contributed by atoms with van der Waals surface area (Å²) in [5.74, 6) is -5.19. The number of anilines is 1. The number of hydrogen-bond donors (Lipinski definition) is 1. The fraction of sp³-hybridized carbons (Fsp3) is 0.235. The number of nitriles is 1. The fourth-order valence-corrected chi connectivity index (χ4v) is 3.22. The SMILES string of the molecule is C[C@H](O)c1c(Cl)ccc2c1C(F)(F)C(=O)N2Cc1ccnc(C#N)c1. The van der Waals surface area contributed by atoms with Crippen molar-refractivity contribution in [2.75, 3.05) is 4.90 Å². The van der Waals surface area contributed by atoms with Gasteiger partial charge in [0.1, 0.15) is 11.8 Å². The molecule has 0 saturated carbocycles. The molecule has 0 radical (unpaired) electrons. The maximum absolute atomic E-state index is 14.6. The molecule has 0 spiro atoms. The van der Waals surface area contributed by atoms with Crippen LogP contribution in [0.5, 0.6) is 0 Å². The number of pyridine rings is 1. The first-order valence-corrected chi connectivity index (χ1v) is 7.71. The van der Waals surface area contributed by atoms with Crippen molar-refractivity contribution in [3.8, 4) is 6.07 Å². The van der Waals surface area contributed by atoms with Gasteiger partial charge in [0.15, 0.2) is 0 Å². The Kier molecular flexibility index (Phi) is 4.19. The standard InChI is InChI=1S/C17H12ClF2N3O2/c1-9(24)14-12(18)2-3-13-15(14)17(19,20)16(25)23(13)8-10-4-5-22-11(6-10)7-21/h2-6,9,24H,8H2,1H3/t9-/m0/s1. The van der Waals surface area contributed by atoms with Crippen LogP contribution in [-0.2, 0) is 17.3 Å². The molecule has 0 fully saturated rings. The molecule has 0 bridgehead atoms. The molecule has 1 atom stereocenters. The number of carbonyl (C=O) groups is 1. The highest BCUT2D eigenvalue weighted by atomic mass is 35.5. The Morgan fingerprint density at radius 3 is 2.80 bits per heavy atom. The summed E-state index contributed by atoms with van der Waals surface area (Å²) in [4.78, 5) is 17.0. The van der Waals surface area contributed by atoms with Gasteiger partial charge in [-0.25, -0.2) is 4.98 Å². The molecule has 1 aromatic heterocycles. The predicted octanol–water partition coefficient (Wildman–Crippen LogP) is 3.30. The van der Waals surface area contributed by atoms with Gasteiger partial charge in [-0.15, -0.1) is 0 Å². The molecule has 0 saturated heterocycles. The van der Waals surface area contributed by atoms with Crippen molar-refractivity contribution in [2.24, 2.45) is 0 Å². The van der Waals surface area contributed by atoms with Crippen molar-refractivity contribution in [3.05, 3.63) is 57.9 Å². The van der Waals surface area contributed by atoms with Crippen LogP contribution in [0.1, 0.15) is 35.4 Å². The second kappa shape index (κ2) is 6.06. The molecule has 25 heavy (non-hydrogen) atoms. The van der Waals surface area contributed by atoms with Crippen LogP contribution in [0.25, 0.3) is 0 Å². The average molecular weight is 364 g/mol. The van der Waals surface area contributed by atoms with Gasteiger partial charge in [0.05, 0.1) is 23.9 Å². The van der Waals surface area contributed by atoms with E-state index in [0.29, 0.717) is 5.56 Å². The van der Waals surface area contributed by atoms with Crippen LogP contribution in [-0.4, -0.2) is 16.0 Å². The monoisotopic (exact) mass is 363 g/mol. The number of nitrogens with zero attached hydrogens (tertiary/aromatic N) is 3. The first-order valence-electron chi connectivity index (χ1n) is 7.33. The number of rotatable bonds is 3. The van der Waals surface area contributed by atoms with Crippen molar-refractivity contribution < 1.29 is 18.7 Å². The highest BCUT2D eigenvalue weighted by Crippen LogP contribution is 2.49. The number of halogens is 3. The number of alkyl halides is 2. The zero-order valence-electron chi connectivity index (χ0n) is 13.0. The van der Waals surface area contributed by atoms with Crippen molar-refractivity contribution in [1.29, 1.82) is 5.26 Å². The predicted molar refractivity (Wildman–Crippen MR) is 86.1 cm³/mol. The Morgan fingerprint density at radius 2 is 2.16 bits per heavy atom. The number of aromatic nitrogens is 1. The van der Waals surface area contributed by atoms with Crippen molar-refractivity contribution in [1.82, 2.24) is 4.98 Å². The van der Waals surface area contributed by atoms with Gasteiger partial charge in [-0.3, -0.25) is 4.79 Å². The second-order valence-electron chi connectivity index (χ2n) is 5.66. The summed E-state index contributed by atoms with van der Waals surface area (Å²) in [6.07, 6.45) is 0.114. The number of aliphatic hydroxyl groups is 1. The van der Waals surface area contributed by atoms with Crippen molar-refractivity contribution in [3.63, 3.8) is 0 Å². The minimum atomic E-state index is -3.79. The quantitative estimate of drug-likeness (QED) is 0.907. The Labute approximate surface area is 147 Å². The van der Waals surface area contributed by atoms with Crippen LogP contribution >= 0.6 is 11.6 Å². The van der Waals surface area contributed by atoms with Gasteiger partial charge < -0.3 is 10.0 Å². The number of aliphatic hydroxyl groups excluding tert-OH is 1. The Bertz CT molecular complexity index is 909. The number of hydrogen-bond acceptors (Lipinski definition) is 4. The second-order valence-corrected chi connectivity index (χ2v) is 6.07. The number of carbonyl (C=O) groups excluding carboxylic acids is 1. The molecule has 128 valence electrons. The molecule has 2 heterocycles. The van der Waals surface area contributed by atoms with Gasteiger partial charge >= 0.3 is 11.8 Å². The van der Waals surface area contributed by atoms with Gasteiger partial charge in [0, 0.05) is 16.8 Å². The molecular weight excluding hydrogens is 352 g/mol. The molecule has 1 aromatic carbocycles. The van der Waals surface area contributed by atoms with Crippen LogP contribution in [0, 0.1) is 11.3 Å². The van der Waals surface area contributed by atoms with Crippen molar-refractivity contribution in [2.45, 2.75) is 25.5 Å². The third-order valence-corrected chi connectivity index (χ3v) is 4.32. The zero-order chi connectivity index (χ0) is 18.4. The average Bonchev–Trinajstić information content (AvgIpc) is 2.76. The lowest BCUT2D eigenvalue weighted by Crippen LogP contribution is -2.34. The van der Waals surface area contributed by atoms with E-state index in [1.165, 1.54) is 37.4 Å². The minimum Gasteiger partial charge on any atom is -0.389 e. The Balaban J connectivity index is 2.12. The lowest BCUT2D eigenvalue weighted by Gasteiger charge is -2.18. The van der Waals surface area contributed by atoms with Crippen LogP contribution in [0.2, 0.25) is 5.02 Å². The van der Waals surface area contributed by atoms with Gasteiger partial charge in [-0.1, -0.05) is 11.6 Å². The topological polar surface area (TPSA) is 77.2 Å². The summed E-state index contributed by atoms with van der Waals surface area (Å²) in [5.41, 5.74) is -0.137. The maximum atomic E-state index is 14.6. The van der Waals surface area contributed by atoms with Gasteiger partial charge in [-0.05, 0) is 36.8 Å². The van der Waals surface area contributed by atoms with Crippen LogP contribution in [0.3, 0.4) is 0 Å². The smallest absolute Gasteiger partial charge is 0.352 e. The van der Waals surface area contributed by atoms with Crippen molar-refractivity contribution >= 4 is 23.2 Å². The molecule has 1 amide bonds. The van der Waals surface area contributed by atoms with E-state index in [9.17, 15) is 18.7 Å². The highest BCUT2D eigenvalue weighted by Gasteiger charge is 2.54. The van der Waals surface area contributed by atoms with E-state index in [0.717, 1.165) is 4.90 Å². The summed E-state index contributed by atoms with van der Waals surface area (Å²) >= 11 is 5.96. The van der Waals surface area contributed by atoms with Crippen LogP contribution in [0.4, 0.5) is 14.5 Å². The first-order chi connectivity index (χ1) is 11.8. The molecule has 1 N–H and O–H groups in total. The van der Waals surface area contributed by atoms with E-state index in [2.05, 4.69) is 4.98 Å². The zero-order valence-corrected chi connectivity index (χ0v) is 13.8. The fourth-order valence-electron chi connectivity index (χ4n) is 2.91. The van der Waals surface area contributed by atoms with Gasteiger partial charge in [0.2, 0.25) is 0 Å². The third-order valence-electron chi connectivity index (χ3n) is 3.99. The summed E-state index contributed by atoms with van der Waals surface area (Å²) in [6.45, 7) is 1.16.